The van der Waals surface area contributed by atoms with Crippen LogP contribution in [0.25, 0.3) is 0 Å². The first-order valence-corrected chi connectivity index (χ1v) is 6.79. The third-order valence-electron chi connectivity index (χ3n) is 3.64. The van der Waals surface area contributed by atoms with Crippen LogP contribution in [0, 0.1) is 0 Å². The fourth-order valence-corrected chi connectivity index (χ4v) is 2.64. The number of nitrogens with one attached hydrogen (secondary N) is 1. The third kappa shape index (κ3) is 3.36. The summed E-state index contributed by atoms with van der Waals surface area (Å²) in [6.45, 7) is 6.95. The van der Waals surface area contributed by atoms with Crippen LogP contribution in [-0.4, -0.2) is 48.2 Å². The highest BCUT2D eigenvalue weighted by molar-refractivity contribution is 5.78. The summed E-state index contributed by atoms with van der Waals surface area (Å²) in [5.41, 5.74) is 1.28. The summed E-state index contributed by atoms with van der Waals surface area (Å²) in [6.07, 6.45) is 2.10. The molecule has 106 valence electrons. The number of hydrogen-bond donors (Lipinski definition) is 1. The number of amides is 1. The number of ether oxygens (including phenoxy) is 1. The second-order valence-electron chi connectivity index (χ2n) is 5.20. The fourth-order valence-electron chi connectivity index (χ4n) is 2.64. The largest absolute Gasteiger partial charge is 0.383 e. The Morgan fingerprint density at radius 2 is 2.37 bits per heavy atom. The molecule has 0 fully saturated rings. The highest BCUT2D eigenvalue weighted by Crippen LogP contribution is 2.24. The molecule has 1 aliphatic heterocycles. The number of carbonyl (C=O) groups excluding carboxylic acids is 1. The van der Waals surface area contributed by atoms with E-state index in [4.69, 9.17) is 4.74 Å². The summed E-state index contributed by atoms with van der Waals surface area (Å²) in [5, 5.41) is 2.95. The van der Waals surface area contributed by atoms with Crippen LogP contribution in [-0.2, 0) is 16.1 Å². The van der Waals surface area contributed by atoms with E-state index in [0.717, 1.165) is 13.1 Å². The molecular formula is C14H23N3O2. The number of aromatic nitrogens is 1. The molecule has 1 N–H and O–H groups in total. The molecule has 0 bridgehead atoms. The highest BCUT2D eigenvalue weighted by atomic mass is 16.5. The van der Waals surface area contributed by atoms with Crippen molar-refractivity contribution in [1.82, 2.24) is 14.8 Å². The average molecular weight is 265 g/mol. The topological polar surface area (TPSA) is 46.5 Å². The second kappa shape index (κ2) is 6.21. The van der Waals surface area contributed by atoms with E-state index >= 15 is 0 Å². The van der Waals surface area contributed by atoms with Gasteiger partial charge < -0.3 is 14.6 Å². The lowest BCUT2D eigenvalue weighted by atomic mass is 10.1. The predicted molar refractivity (Wildman–Crippen MR) is 73.9 cm³/mol. The number of hydrogen-bond acceptors (Lipinski definition) is 3. The van der Waals surface area contributed by atoms with E-state index in [1.807, 2.05) is 6.92 Å². The van der Waals surface area contributed by atoms with Gasteiger partial charge >= 0.3 is 0 Å². The summed E-state index contributed by atoms with van der Waals surface area (Å²) in [5.74, 6) is 0.0661. The molecule has 0 aliphatic carbocycles. The van der Waals surface area contributed by atoms with Crippen molar-refractivity contribution in [1.29, 1.82) is 0 Å². The van der Waals surface area contributed by atoms with E-state index < -0.39 is 0 Å². The van der Waals surface area contributed by atoms with Crippen LogP contribution in [0.4, 0.5) is 0 Å². The first kappa shape index (κ1) is 14.1. The molecule has 0 radical (unpaired) electrons. The zero-order valence-corrected chi connectivity index (χ0v) is 11.9. The minimum atomic E-state index is 0.0569. The van der Waals surface area contributed by atoms with Gasteiger partial charge in [-0.25, -0.2) is 0 Å². The zero-order chi connectivity index (χ0) is 13.8. The minimum Gasteiger partial charge on any atom is -0.383 e. The molecule has 1 aromatic rings. The van der Waals surface area contributed by atoms with Crippen molar-refractivity contribution in [2.24, 2.45) is 0 Å². The van der Waals surface area contributed by atoms with Gasteiger partial charge in [0, 0.05) is 44.2 Å². The molecular weight excluding hydrogens is 242 g/mol. The van der Waals surface area contributed by atoms with Gasteiger partial charge in [0.15, 0.2) is 0 Å². The summed E-state index contributed by atoms with van der Waals surface area (Å²) in [7, 11) is 1.64. The Bertz CT molecular complexity index is 430. The number of carbonyl (C=O) groups is 1. The van der Waals surface area contributed by atoms with Crippen LogP contribution >= 0.6 is 0 Å². The lowest BCUT2D eigenvalue weighted by Crippen LogP contribution is -2.45. The molecule has 1 aromatic heterocycles. The number of rotatable bonds is 5. The number of nitrogens with zero attached hydrogens (tertiary/aromatic N) is 2. The van der Waals surface area contributed by atoms with Gasteiger partial charge in [0.25, 0.3) is 0 Å². The molecule has 0 spiro atoms. The molecule has 19 heavy (non-hydrogen) atoms. The van der Waals surface area contributed by atoms with Crippen molar-refractivity contribution >= 4 is 5.91 Å². The van der Waals surface area contributed by atoms with Gasteiger partial charge in [0.1, 0.15) is 0 Å². The Balaban J connectivity index is 1.88. The van der Waals surface area contributed by atoms with Crippen molar-refractivity contribution < 1.29 is 9.53 Å². The van der Waals surface area contributed by atoms with Gasteiger partial charge in [-0.05, 0) is 26.0 Å². The molecule has 0 saturated heterocycles. The van der Waals surface area contributed by atoms with Crippen LogP contribution in [0.3, 0.4) is 0 Å². The zero-order valence-electron chi connectivity index (χ0n) is 11.9. The maximum absolute atomic E-state index is 12.0. The van der Waals surface area contributed by atoms with E-state index in [-0.39, 0.29) is 18.0 Å². The van der Waals surface area contributed by atoms with Gasteiger partial charge in [-0.2, -0.15) is 0 Å². The van der Waals surface area contributed by atoms with Crippen LogP contribution in [0.15, 0.2) is 18.3 Å². The molecule has 2 unspecified atom stereocenters. The third-order valence-corrected chi connectivity index (χ3v) is 3.64. The second-order valence-corrected chi connectivity index (χ2v) is 5.20. The lowest BCUT2D eigenvalue weighted by molar-refractivity contribution is -0.124. The fraction of sp³-hybridized carbons (Fsp3) is 0.643. The van der Waals surface area contributed by atoms with Crippen molar-refractivity contribution in [3.8, 4) is 0 Å². The molecule has 1 amide bonds. The van der Waals surface area contributed by atoms with Gasteiger partial charge in [0.05, 0.1) is 13.2 Å². The van der Waals surface area contributed by atoms with Crippen molar-refractivity contribution in [3.05, 3.63) is 24.0 Å². The van der Waals surface area contributed by atoms with Crippen molar-refractivity contribution in [3.63, 3.8) is 0 Å². The van der Waals surface area contributed by atoms with E-state index in [1.54, 1.807) is 7.11 Å². The number of fused-ring (bicyclic) bond motifs is 1. The average Bonchev–Trinajstić information content (AvgIpc) is 2.82. The van der Waals surface area contributed by atoms with Crippen molar-refractivity contribution in [2.45, 2.75) is 32.5 Å². The SMILES string of the molecule is COCC(C)NC(=O)CN1CCn2cccc2C1C. The van der Waals surface area contributed by atoms with E-state index in [1.165, 1.54) is 5.69 Å². The summed E-state index contributed by atoms with van der Waals surface area (Å²) < 4.78 is 7.28. The van der Waals surface area contributed by atoms with Gasteiger partial charge in [-0.1, -0.05) is 0 Å². The maximum Gasteiger partial charge on any atom is 0.234 e. The Morgan fingerprint density at radius 1 is 1.58 bits per heavy atom. The summed E-state index contributed by atoms with van der Waals surface area (Å²) in [6, 6.07) is 4.53. The molecule has 2 heterocycles. The monoisotopic (exact) mass is 265 g/mol. The predicted octanol–water partition coefficient (Wildman–Crippen LogP) is 1.02. The van der Waals surface area contributed by atoms with E-state index in [9.17, 15) is 4.79 Å². The Hall–Kier alpha value is -1.33. The standard InChI is InChI=1S/C14H23N3O2/c1-11(10-19-3)15-14(18)9-17-8-7-16-6-4-5-13(16)12(17)2/h4-6,11-12H,7-10H2,1-3H3,(H,15,18). The molecule has 0 saturated carbocycles. The van der Waals surface area contributed by atoms with Crippen LogP contribution in [0.1, 0.15) is 25.6 Å². The first-order valence-electron chi connectivity index (χ1n) is 6.79. The van der Waals surface area contributed by atoms with Crippen LogP contribution in [0.5, 0.6) is 0 Å². The van der Waals surface area contributed by atoms with Crippen LogP contribution in [0.2, 0.25) is 0 Å². The lowest BCUT2D eigenvalue weighted by Gasteiger charge is -2.34. The van der Waals surface area contributed by atoms with Gasteiger partial charge in [-0.3, -0.25) is 9.69 Å². The van der Waals surface area contributed by atoms with Gasteiger partial charge in [0.2, 0.25) is 5.91 Å². The highest BCUT2D eigenvalue weighted by Gasteiger charge is 2.25. The molecule has 2 atom stereocenters. The minimum absolute atomic E-state index is 0.0569. The molecule has 5 nitrogen and oxygen atoms in total. The quantitative estimate of drug-likeness (QED) is 0.864. The van der Waals surface area contributed by atoms with Crippen molar-refractivity contribution in [2.75, 3.05) is 26.8 Å². The Kier molecular flexibility index (Phi) is 4.61. The first-order chi connectivity index (χ1) is 9.11. The maximum atomic E-state index is 12.0. The molecule has 1 aliphatic rings. The molecule has 0 aromatic carbocycles. The Labute approximate surface area is 114 Å². The van der Waals surface area contributed by atoms with Crippen LogP contribution < -0.4 is 5.32 Å². The smallest absolute Gasteiger partial charge is 0.234 e. The van der Waals surface area contributed by atoms with Gasteiger partial charge in [-0.15, -0.1) is 0 Å². The summed E-state index contributed by atoms with van der Waals surface area (Å²) >= 11 is 0. The molecule has 2 rings (SSSR count). The Morgan fingerprint density at radius 3 is 3.11 bits per heavy atom. The van der Waals surface area contributed by atoms with E-state index in [2.05, 4.69) is 40.0 Å². The molecule has 5 heteroatoms. The number of methoxy groups -OCH3 is 1. The normalized spacial score (nSPS) is 20.9. The summed E-state index contributed by atoms with van der Waals surface area (Å²) in [4.78, 5) is 14.2. The van der Waals surface area contributed by atoms with E-state index in [0.29, 0.717) is 13.2 Å².